The topological polar surface area (TPSA) is 65.5 Å². The van der Waals surface area contributed by atoms with E-state index in [0.29, 0.717) is 12.8 Å². The second kappa shape index (κ2) is 10.0. The van der Waals surface area contributed by atoms with Crippen LogP contribution in [-0.2, 0) is 22.3 Å². The minimum Gasteiger partial charge on any atom is -0.462 e. The average Bonchev–Trinajstić information content (AvgIpc) is 2.75. The van der Waals surface area contributed by atoms with E-state index >= 15 is 0 Å². The maximum absolute atomic E-state index is 12.2. The SMILES string of the molecule is O=C(OCCc1ccccc1)c1ccnc(C(=O)OCCc2ccccc2)c1. The maximum Gasteiger partial charge on any atom is 0.356 e. The third-order valence-corrected chi connectivity index (χ3v) is 4.14. The normalized spacial score (nSPS) is 10.3. The first-order valence-electron chi connectivity index (χ1n) is 9.10. The number of aromatic nitrogens is 1. The first-order valence-corrected chi connectivity index (χ1v) is 9.10. The van der Waals surface area contributed by atoms with Gasteiger partial charge in [-0.1, -0.05) is 60.7 Å². The van der Waals surface area contributed by atoms with E-state index in [1.165, 1.54) is 18.3 Å². The molecule has 0 N–H and O–H groups in total. The van der Waals surface area contributed by atoms with Gasteiger partial charge in [-0.05, 0) is 23.3 Å². The zero-order valence-corrected chi connectivity index (χ0v) is 15.4. The van der Waals surface area contributed by atoms with Gasteiger partial charge in [0.15, 0.2) is 0 Å². The molecule has 0 spiro atoms. The second-order valence-electron chi connectivity index (χ2n) is 6.17. The van der Waals surface area contributed by atoms with Crippen molar-refractivity contribution in [1.82, 2.24) is 4.98 Å². The van der Waals surface area contributed by atoms with Crippen LogP contribution in [0.5, 0.6) is 0 Å². The number of hydrogen-bond donors (Lipinski definition) is 0. The Hall–Kier alpha value is -3.47. The molecule has 0 atom stereocenters. The highest BCUT2D eigenvalue weighted by Gasteiger charge is 2.14. The van der Waals surface area contributed by atoms with Crippen LogP contribution in [0.15, 0.2) is 79.0 Å². The zero-order chi connectivity index (χ0) is 19.6. The molecule has 0 aliphatic carbocycles. The third kappa shape index (κ3) is 5.77. The summed E-state index contributed by atoms with van der Waals surface area (Å²) in [6.45, 7) is 0.512. The molecule has 0 saturated carbocycles. The van der Waals surface area contributed by atoms with Crippen LogP contribution < -0.4 is 0 Å². The number of hydrogen-bond acceptors (Lipinski definition) is 5. The van der Waals surface area contributed by atoms with Crippen molar-refractivity contribution in [2.24, 2.45) is 0 Å². The average molecular weight is 375 g/mol. The fraction of sp³-hybridized carbons (Fsp3) is 0.174. The van der Waals surface area contributed by atoms with Crippen molar-refractivity contribution in [3.63, 3.8) is 0 Å². The van der Waals surface area contributed by atoms with Crippen molar-refractivity contribution in [1.29, 1.82) is 0 Å². The van der Waals surface area contributed by atoms with Crippen LogP contribution in [0.1, 0.15) is 32.0 Å². The lowest BCUT2D eigenvalue weighted by Gasteiger charge is -2.07. The van der Waals surface area contributed by atoms with Crippen LogP contribution in [0.25, 0.3) is 0 Å². The van der Waals surface area contributed by atoms with Gasteiger partial charge in [0.1, 0.15) is 5.69 Å². The Morgan fingerprint density at radius 1 is 0.714 bits per heavy atom. The standard InChI is InChI=1S/C23H21NO4/c25-22(27-15-12-18-7-3-1-4-8-18)20-11-14-24-21(17-20)23(26)28-16-13-19-9-5-2-6-10-19/h1-11,14,17H,12-13,15-16H2. The molecule has 3 aromatic rings. The number of carbonyl (C=O) groups is 2. The maximum atomic E-state index is 12.2. The van der Waals surface area contributed by atoms with Crippen molar-refractivity contribution >= 4 is 11.9 Å². The van der Waals surface area contributed by atoms with Gasteiger partial charge in [0.05, 0.1) is 18.8 Å². The van der Waals surface area contributed by atoms with Crippen molar-refractivity contribution in [2.75, 3.05) is 13.2 Å². The van der Waals surface area contributed by atoms with Crippen LogP contribution in [0, 0.1) is 0 Å². The number of pyridine rings is 1. The molecule has 142 valence electrons. The molecule has 0 bridgehead atoms. The summed E-state index contributed by atoms with van der Waals surface area (Å²) < 4.78 is 10.5. The lowest BCUT2D eigenvalue weighted by Crippen LogP contribution is -2.13. The fourth-order valence-corrected chi connectivity index (χ4v) is 2.64. The largest absolute Gasteiger partial charge is 0.462 e. The van der Waals surface area contributed by atoms with Gasteiger partial charge in [0.2, 0.25) is 0 Å². The van der Waals surface area contributed by atoms with Gasteiger partial charge >= 0.3 is 11.9 Å². The molecule has 0 unspecified atom stereocenters. The summed E-state index contributed by atoms with van der Waals surface area (Å²) in [5, 5.41) is 0. The molecule has 1 heterocycles. The predicted octanol–water partition coefficient (Wildman–Crippen LogP) is 3.88. The molecular formula is C23H21NO4. The van der Waals surface area contributed by atoms with E-state index in [9.17, 15) is 9.59 Å². The molecule has 3 rings (SSSR count). The summed E-state index contributed by atoms with van der Waals surface area (Å²) in [6, 6.07) is 22.4. The highest BCUT2D eigenvalue weighted by Crippen LogP contribution is 2.08. The van der Waals surface area contributed by atoms with Crippen LogP contribution in [0.4, 0.5) is 0 Å². The van der Waals surface area contributed by atoms with Gasteiger partial charge in [-0.25, -0.2) is 14.6 Å². The number of benzene rings is 2. The molecule has 1 aromatic heterocycles. The first-order chi connectivity index (χ1) is 13.7. The lowest BCUT2D eigenvalue weighted by molar-refractivity contribution is 0.0501. The Morgan fingerprint density at radius 3 is 1.82 bits per heavy atom. The highest BCUT2D eigenvalue weighted by atomic mass is 16.5. The second-order valence-corrected chi connectivity index (χ2v) is 6.17. The molecule has 0 radical (unpaired) electrons. The van der Waals surface area contributed by atoms with Crippen molar-refractivity contribution < 1.29 is 19.1 Å². The number of esters is 2. The minimum absolute atomic E-state index is 0.0885. The molecule has 0 amide bonds. The molecule has 0 aliphatic heterocycles. The summed E-state index contributed by atoms with van der Waals surface area (Å²) in [6.07, 6.45) is 2.65. The van der Waals surface area contributed by atoms with Crippen molar-refractivity contribution in [3.8, 4) is 0 Å². The summed E-state index contributed by atoms with van der Waals surface area (Å²) in [7, 11) is 0. The monoisotopic (exact) mass is 375 g/mol. The number of rotatable bonds is 8. The molecule has 5 nitrogen and oxygen atoms in total. The number of carbonyl (C=O) groups excluding carboxylic acids is 2. The van der Waals surface area contributed by atoms with E-state index in [4.69, 9.17) is 9.47 Å². The van der Waals surface area contributed by atoms with Crippen molar-refractivity contribution in [2.45, 2.75) is 12.8 Å². The first kappa shape index (κ1) is 19.3. The van der Waals surface area contributed by atoms with Gasteiger partial charge in [0, 0.05) is 19.0 Å². The van der Waals surface area contributed by atoms with Crippen LogP contribution in [-0.4, -0.2) is 30.1 Å². The van der Waals surface area contributed by atoms with E-state index in [2.05, 4.69) is 4.98 Å². The van der Waals surface area contributed by atoms with Gasteiger partial charge in [-0.2, -0.15) is 0 Å². The summed E-state index contributed by atoms with van der Waals surface area (Å²) in [5.74, 6) is -1.05. The lowest BCUT2D eigenvalue weighted by atomic mass is 10.2. The Kier molecular flexibility index (Phi) is 6.90. The number of nitrogens with zero attached hydrogens (tertiary/aromatic N) is 1. The summed E-state index contributed by atoms with van der Waals surface area (Å²) in [4.78, 5) is 28.4. The summed E-state index contributed by atoms with van der Waals surface area (Å²) >= 11 is 0. The van der Waals surface area contributed by atoms with Gasteiger partial charge in [0.25, 0.3) is 0 Å². The van der Waals surface area contributed by atoms with Gasteiger partial charge in [-0.3, -0.25) is 0 Å². The van der Waals surface area contributed by atoms with Crippen LogP contribution in [0.2, 0.25) is 0 Å². The zero-order valence-electron chi connectivity index (χ0n) is 15.4. The molecule has 5 heteroatoms. The van der Waals surface area contributed by atoms with Gasteiger partial charge < -0.3 is 9.47 Å². The van der Waals surface area contributed by atoms with Crippen LogP contribution >= 0.6 is 0 Å². The van der Waals surface area contributed by atoms with E-state index in [1.54, 1.807) is 0 Å². The van der Waals surface area contributed by atoms with E-state index < -0.39 is 11.9 Å². The smallest absolute Gasteiger partial charge is 0.356 e. The van der Waals surface area contributed by atoms with E-state index in [0.717, 1.165) is 11.1 Å². The molecule has 28 heavy (non-hydrogen) atoms. The predicted molar refractivity (Wildman–Crippen MR) is 105 cm³/mol. The quantitative estimate of drug-likeness (QED) is 0.559. The minimum atomic E-state index is -0.560. The number of ether oxygens (including phenoxy) is 2. The molecule has 2 aromatic carbocycles. The molecular weight excluding hydrogens is 354 g/mol. The Morgan fingerprint density at radius 2 is 1.25 bits per heavy atom. The fourth-order valence-electron chi connectivity index (χ4n) is 2.64. The Labute approximate surface area is 164 Å². The van der Waals surface area contributed by atoms with Gasteiger partial charge in [-0.15, -0.1) is 0 Å². The van der Waals surface area contributed by atoms with E-state index in [1.807, 2.05) is 60.7 Å². The van der Waals surface area contributed by atoms with Crippen molar-refractivity contribution in [3.05, 3.63) is 101 Å². The molecule has 0 aliphatic rings. The van der Waals surface area contributed by atoms with Crippen LogP contribution in [0.3, 0.4) is 0 Å². The third-order valence-electron chi connectivity index (χ3n) is 4.14. The molecule has 0 fully saturated rings. The summed E-state index contributed by atoms with van der Waals surface area (Å²) in [5.41, 5.74) is 2.54. The Balaban J connectivity index is 1.49. The van der Waals surface area contributed by atoms with E-state index in [-0.39, 0.29) is 24.5 Å². The Bertz CT molecular complexity index is 837. The highest BCUT2D eigenvalue weighted by molar-refractivity contribution is 5.93. The molecule has 0 saturated heterocycles.